The number of hydrogen-bond acceptors (Lipinski definition) is 5. The van der Waals surface area contributed by atoms with Crippen molar-refractivity contribution in [3.05, 3.63) is 58.6 Å². The molecule has 0 aliphatic rings. The summed E-state index contributed by atoms with van der Waals surface area (Å²) in [5.74, 6) is 0.0142. The molecule has 0 bridgehead atoms. The number of hydrogen-bond donors (Lipinski definition) is 1. The van der Waals surface area contributed by atoms with E-state index in [2.05, 4.69) is 15.5 Å². The molecule has 6 heteroatoms. The number of rotatable bonds is 4. The van der Waals surface area contributed by atoms with Crippen molar-refractivity contribution in [2.45, 2.75) is 6.54 Å². The summed E-state index contributed by atoms with van der Waals surface area (Å²) in [6.07, 6.45) is 0. The van der Waals surface area contributed by atoms with Crippen LogP contribution in [0.3, 0.4) is 0 Å². The summed E-state index contributed by atoms with van der Waals surface area (Å²) in [6.45, 7) is 0.458. The highest BCUT2D eigenvalue weighted by Crippen LogP contribution is 2.14. The fourth-order valence-electron chi connectivity index (χ4n) is 1.68. The van der Waals surface area contributed by atoms with Crippen molar-refractivity contribution < 1.29 is 9.32 Å². The molecule has 0 unspecified atom stereocenters. The molecule has 0 fully saturated rings. The molecule has 0 saturated heterocycles. The molecule has 2 heterocycles. The summed E-state index contributed by atoms with van der Waals surface area (Å²) in [5.41, 5.74) is 0.813. The van der Waals surface area contributed by atoms with Crippen LogP contribution in [0.25, 0.3) is 11.4 Å². The minimum Gasteiger partial charge on any atom is -0.343 e. The molecule has 0 aliphatic carbocycles. The molecule has 100 valence electrons. The van der Waals surface area contributed by atoms with E-state index in [1.165, 1.54) is 0 Å². The molecule has 1 aromatic carbocycles. The Kier molecular flexibility index (Phi) is 3.56. The Morgan fingerprint density at radius 3 is 2.80 bits per heavy atom. The highest BCUT2D eigenvalue weighted by atomic mass is 32.1. The summed E-state index contributed by atoms with van der Waals surface area (Å²) < 4.78 is 4.98. The van der Waals surface area contributed by atoms with E-state index < -0.39 is 0 Å². The van der Waals surface area contributed by atoms with Crippen LogP contribution < -0.4 is 5.32 Å². The first kappa shape index (κ1) is 12.6. The predicted molar refractivity (Wildman–Crippen MR) is 75.2 cm³/mol. The number of carbonyl (C=O) groups is 1. The van der Waals surface area contributed by atoms with E-state index in [0.717, 1.165) is 10.4 Å². The molecular formula is C14H11N3O2S. The van der Waals surface area contributed by atoms with Gasteiger partial charge in [-0.3, -0.25) is 4.79 Å². The van der Waals surface area contributed by atoms with Gasteiger partial charge in [0.2, 0.25) is 5.82 Å². The van der Waals surface area contributed by atoms with Crippen LogP contribution in [0.2, 0.25) is 0 Å². The fraction of sp³-hybridized carbons (Fsp3) is 0.0714. The molecule has 1 N–H and O–H groups in total. The van der Waals surface area contributed by atoms with Gasteiger partial charge < -0.3 is 9.84 Å². The topological polar surface area (TPSA) is 68.0 Å². The van der Waals surface area contributed by atoms with Gasteiger partial charge in [-0.05, 0) is 11.4 Å². The molecule has 1 amide bonds. The van der Waals surface area contributed by atoms with Crippen LogP contribution in [0, 0.1) is 0 Å². The third-order valence-corrected chi connectivity index (χ3v) is 3.53. The summed E-state index contributed by atoms with van der Waals surface area (Å²) in [7, 11) is 0. The molecule has 0 spiro atoms. The van der Waals surface area contributed by atoms with Crippen molar-refractivity contribution in [3.63, 3.8) is 0 Å². The monoisotopic (exact) mass is 285 g/mol. The Balaban J connectivity index is 1.69. The highest BCUT2D eigenvalue weighted by molar-refractivity contribution is 7.09. The second kappa shape index (κ2) is 5.66. The zero-order valence-corrected chi connectivity index (χ0v) is 11.3. The third kappa shape index (κ3) is 2.75. The number of carbonyl (C=O) groups excluding carboxylic acids is 1. The van der Waals surface area contributed by atoms with Gasteiger partial charge in [-0.15, -0.1) is 11.3 Å². The normalized spacial score (nSPS) is 10.4. The lowest BCUT2D eigenvalue weighted by molar-refractivity contribution is 0.0907. The van der Waals surface area contributed by atoms with E-state index in [1.54, 1.807) is 11.3 Å². The molecule has 20 heavy (non-hydrogen) atoms. The minimum atomic E-state index is -0.368. The van der Waals surface area contributed by atoms with E-state index >= 15 is 0 Å². The maximum Gasteiger partial charge on any atom is 0.316 e. The maximum atomic E-state index is 11.9. The summed E-state index contributed by atoms with van der Waals surface area (Å²) in [5, 5.41) is 8.51. The lowest BCUT2D eigenvalue weighted by Crippen LogP contribution is -2.22. The fourth-order valence-corrected chi connectivity index (χ4v) is 2.32. The van der Waals surface area contributed by atoms with Crippen molar-refractivity contribution in [3.8, 4) is 11.4 Å². The smallest absolute Gasteiger partial charge is 0.316 e. The average molecular weight is 285 g/mol. The van der Waals surface area contributed by atoms with Crippen LogP contribution >= 0.6 is 11.3 Å². The number of nitrogens with one attached hydrogen (secondary N) is 1. The highest BCUT2D eigenvalue weighted by Gasteiger charge is 2.15. The lowest BCUT2D eigenvalue weighted by atomic mass is 10.2. The average Bonchev–Trinajstić information content (AvgIpc) is 3.17. The molecule has 3 rings (SSSR count). The van der Waals surface area contributed by atoms with Crippen LogP contribution in [0.5, 0.6) is 0 Å². The van der Waals surface area contributed by atoms with Gasteiger partial charge in [0.25, 0.3) is 0 Å². The van der Waals surface area contributed by atoms with Crippen LogP contribution in [0.1, 0.15) is 15.6 Å². The Labute approximate surface area is 119 Å². The zero-order chi connectivity index (χ0) is 13.8. The molecule has 3 aromatic rings. The van der Waals surface area contributed by atoms with Crippen LogP contribution in [0.4, 0.5) is 0 Å². The third-order valence-electron chi connectivity index (χ3n) is 2.66. The number of benzene rings is 1. The first-order valence-corrected chi connectivity index (χ1v) is 6.90. The largest absolute Gasteiger partial charge is 0.343 e. The van der Waals surface area contributed by atoms with Crippen molar-refractivity contribution in [2.24, 2.45) is 0 Å². The first-order valence-electron chi connectivity index (χ1n) is 6.02. The zero-order valence-electron chi connectivity index (χ0n) is 10.4. The SMILES string of the molecule is O=C(NCc1cccs1)c1nc(-c2ccccc2)no1. The second-order valence-electron chi connectivity index (χ2n) is 4.05. The molecule has 5 nitrogen and oxygen atoms in total. The summed E-state index contributed by atoms with van der Waals surface area (Å²) >= 11 is 1.58. The quantitative estimate of drug-likeness (QED) is 0.800. The van der Waals surface area contributed by atoms with E-state index in [-0.39, 0.29) is 11.8 Å². The van der Waals surface area contributed by atoms with Crippen LogP contribution in [0.15, 0.2) is 52.4 Å². The van der Waals surface area contributed by atoms with Crippen molar-refractivity contribution >= 4 is 17.2 Å². The van der Waals surface area contributed by atoms with Gasteiger partial charge >= 0.3 is 11.8 Å². The van der Waals surface area contributed by atoms with E-state index in [1.807, 2.05) is 47.8 Å². The van der Waals surface area contributed by atoms with Gasteiger partial charge in [-0.2, -0.15) is 4.98 Å². The maximum absolute atomic E-state index is 11.9. The van der Waals surface area contributed by atoms with Crippen LogP contribution in [-0.2, 0) is 6.54 Å². The standard InChI is InChI=1S/C14H11N3O2S/c18-13(15-9-11-7-4-8-20-11)14-16-12(17-19-14)10-5-2-1-3-6-10/h1-8H,9H2,(H,15,18). The van der Waals surface area contributed by atoms with Gasteiger partial charge in [0.1, 0.15) is 0 Å². The lowest BCUT2D eigenvalue weighted by Gasteiger charge is -1.98. The van der Waals surface area contributed by atoms with E-state index in [9.17, 15) is 4.79 Å². The summed E-state index contributed by atoms with van der Waals surface area (Å²) in [6, 6.07) is 13.3. The Morgan fingerprint density at radius 2 is 2.05 bits per heavy atom. The van der Waals surface area contributed by atoms with Gasteiger partial charge in [-0.25, -0.2) is 0 Å². The predicted octanol–water partition coefficient (Wildman–Crippen LogP) is 2.73. The number of thiophene rings is 1. The molecule has 0 atom stereocenters. The molecule has 0 saturated carbocycles. The molecule has 0 aliphatic heterocycles. The van der Waals surface area contributed by atoms with Crippen molar-refractivity contribution in [1.82, 2.24) is 15.5 Å². The van der Waals surface area contributed by atoms with E-state index in [4.69, 9.17) is 4.52 Å². The van der Waals surface area contributed by atoms with Gasteiger partial charge in [0.05, 0.1) is 6.54 Å². The number of aromatic nitrogens is 2. The van der Waals surface area contributed by atoms with Crippen LogP contribution in [-0.4, -0.2) is 16.0 Å². The number of nitrogens with zero attached hydrogens (tertiary/aromatic N) is 2. The number of amides is 1. The Hall–Kier alpha value is -2.47. The van der Waals surface area contributed by atoms with Gasteiger partial charge in [-0.1, -0.05) is 41.6 Å². The Morgan fingerprint density at radius 1 is 1.20 bits per heavy atom. The van der Waals surface area contributed by atoms with Gasteiger partial charge in [0, 0.05) is 10.4 Å². The van der Waals surface area contributed by atoms with Gasteiger partial charge in [0.15, 0.2) is 0 Å². The van der Waals surface area contributed by atoms with Crippen molar-refractivity contribution in [2.75, 3.05) is 0 Å². The van der Waals surface area contributed by atoms with E-state index in [0.29, 0.717) is 12.4 Å². The minimum absolute atomic E-state index is 0.0274. The first-order chi connectivity index (χ1) is 9.83. The Bertz CT molecular complexity index is 692. The summed E-state index contributed by atoms with van der Waals surface area (Å²) in [4.78, 5) is 17.0. The molecule has 0 radical (unpaired) electrons. The second-order valence-corrected chi connectivity index (χ2v) is 5.08. The molecule has 2 aromatic heterocycles. The molecular weight excluding hydrogens is 274 g/mol. The van der Waals surface area contributed by atoms with Crippen molar-refractivity contribution in [1.29, 1.82) is 0 Å².